The van der Waals surface area contributed by atoms with E-state index in [1.165, 1.54) is 16.7 Å². The van der Waals surface area contributed by atoms with Crippen molar-refractivity contribution < 1.29 is 4.42 Å². The summed E-state index contributed by atoms with van der Waals surface area (Å²) in [5, 5.41) is 0. The van der Waals surface area contributed by atoms with Crippen LogP contribution in [0.4, 0.5) is 0 Å². The summed E-state index contributed by atoms with van der Waals surface area (Å²) in [5.74, 6) is 1.52. The SMILES string of the molecule is CC(C)(C)C1=CC=C2C=Cc3occc3[C@H]2C1. The van der Waals surface area contributed by atoms with E-state index in [4.69, 9.17) is 4.42 Å². The maximum Gasteiger partial charge on any atom is 0.130 e. The van der Waals surface area contributed by atoms with Gasteiger partial charge in [0.05, 0.1) is 6.26 Å². The number of rotatable bonds is 0. The van der Waals surface area contributed by atoms with E-state index in [-0.39, 0.29) is 5.41 Å². The van der Waals surface area contributed by atoms with Crippen molar-refractivity contribution in [3.8, 4) is 0 Å². The van der Waals surface area contributed by atoms with E-state index in [0.717, 1.165) is 12.2 Å². The first-order valence-electron chi connectivity index (χ1n) is 6.22. The molecule has 0 saturated heterocycles. The van der Waals surface area contributed by atoms with Gasteiger partial charge >= 0.3 is 0 Å². The summed E-state index contributed by atoms with van der Waals surface area (Å²) in [5.41, 5.74) is 4.53. The van der Waals surface area contributed by atoms with Crippen molar-refractivity contribution >= 4 is 6.08 Å². The van der Waals surface area contributed by atoms with Crippen LogP contribution in [0.1, 0.15) is 44.4 Å². The Balaban J connectivity index is 2.03. The quantitative estimate of drug-likeness (QED) is 0.625. The average Bonchev–Trinajstić information content (AvgIpc) is 2.75. The highest BCUT2D eigenvalue weighted by Crippen LogP contribution is 2.44. The van der Waals surface area contributed by atoms with E-state index < -0.39 is 0 Å². The van der Waals surface area contributed by atoms with Gasteiger partial charge in [0.1, 0.15) is 5.76 Å². The van der Waals surface area contributed by atoms with Gasteiger partial charge in [-0.3, -0.25) is 0 Å². The van der Waals surface area contributed by atoms with Crippen LogP contribution >= 0.6 is 0 Å². The van der Waals surface area contributed by atoms with Crippen LogP contribution in [-0.4, -0.2) is 0 Å². The molecule has 88 valence electrons. The third-order valence-corrected chi connectivity index (χ3v) is 3.80. The van der Waals surface area contributed by atoms with Crippen LogP contribution < -0.4 is 0 Å². The highest BCUT2D eigenvalue weighted by molar-refractivity contribution is 5.62. The lowest BCUT2D eigenvalue weighted by Crippen LogP contribution is -2.17. The highest BCUT2D eigenvalue weighted by Gasteiger charge is 2.29. The van der Waals surface area contributed by atoms with E-state index >= 15 is 0 Å². The van der Waals surface area contributed by atoms with Crippen molar-refractivity contribution in [1.29, 1.82) is 0 Å². The number of hydrogen-bond acceptors (Lipinski definition) is 1. The lowest BCUT2D eigenvalue weighted by molar-refractivity contribution is 0.468. The minimum Gasteiger partial charge on any atom is -0.465 e. The van der Waals surface area contributed by atoms with Gasteiger partial charge in [0.25, 0.3) is 0 Å². The Labute approximate surface area is 103 Å². The zero-order valence-corrected chi connectivity index (χ0v) is 10.7. The fraction of sp³-hybridized carbons (Fsp3) is 0.375. The molecule has 0 aliphatic heterocycles. The van der Waals surface area contributed by atoms with Crippen LogP contribution in [-0.2, 0) is 0 Å². The van der Waals surface area contributed by atoms with E-state index in [9.17, 15) is 0 Å². The molecule has 1 atom stereocenters. The number of hydrogen-bond donors (Lipinski definition) is 0. The smallest absolute Gasteiger partial charge is 0.130 e. The molecule has 2 aliphatic carbocycles. The number of allylic oxidation sites excluding steroid dienone is 5. The van der Waals surface area contributed by atoms with E-state index in [1.54, 1.807) is 6.26 Å². The number of furan rings is 1. The van der Waals surface area contributed by atoms with Gasteiger partial charge in [-0.05, 0) is 29.6 Å². The van der Waals surface area contributed by atoms with Gasteiger partial charge in [0.15, 0.2) is 0 Å². The molecule has 0 aromatic carbocycles. The summed E-state index contributed by atoms with van der Waals surface area (Å²) in [7, 11) is 0. The van der Waals surface area contributed by atoms with Crippen LogP contribution in [0, 0.1) is 5.41 Å². The summed E-state index contributed by atoms with van der Waals surface area (Å²) in [6, 6.07) is 2.11. The zero-order chi connectivity index (χ0) is 12.0. The molecule has 17 heavy (non-hydrogen) atoms. The molecule has 0 N–H and O–H groups in total. The van der Waals surface area contributed by atoms with E-state index in [0.29, 0.717) is 5.92 Å². The maximum absolute atomic E-state index is 5.49. The Bertz CT molecular complexity index is 532. The lowest BCUT2D eigenvalue weighted by atomic mass is 9.73. The first kappa shape index (κ1) is 10.6. The van der Waals surface area contributed by atoms with Gasteiger partial charge in [0, 0.05) is 11.5 Å². The molecule has 0 fully saturated rings. The largest absolute Gasteiger partial charge is 0.465 e. The molecule has 0 spiro atoms. The predicted molar refractivity (Wildman–Crippen MR) is 70.7 cm³/mol. The summed E-state index contributed by atoms with van der Waals surface area (Å²) >= 11 is 0. The van der Waals surface area contributed by atoms with Gasteiger partial charge in [-0.25, -0.2) is 0 Å². The Kier molecular flexibility index (Phi) is 2.19. The summed E-state index contributed by atoms with van der Waals surface area (Å²) in [4.78, 5) is 0. The molecule has 1 aromatic heterocycles. The molecule has 0 radical (unpaired) electrons. The van der Waals surface area contributed by atoms with Crippen molar-refractivity contribution in [1.82, 2.24) is 0 Å². The minimum atomic E-state index is 0.257. The second-order valence-corrected chi connectivity index (χ2v) is 5.94. The molecule has 1 nitrogen and oxygen atoms in total. The van der Waals surface area contributed by atoms with Crippen LogP contribution in [0.3, 0.4) is 0 Å². The lowest BCUT2D eigenvalue weighted by Gasteiger charge is -2.31. The molecule has 1 heterocycles. The second-order valence-electron chi connectivity index (χ2n) is 5.94. The fourth-order valence-corrected chi connectivity index (χ4v) is 2.66. The topological polar surface area (TPSA) is 13.1 Å². The Morgan fingerprint density at radius 2 is 2.00 bits per heavy atom. The maximum atomic E-state index is 5.49. The van der Waals surface area contributed by atoms with E-state index in [1.807, 2.05) is 0 Å². The van der Waals surface area contributed by atoms with Crippen molar-refractivity contribution in [3.63, 3.8) is 0 Å². The van der Waals surface area contributed by atoms with Crippen molar-refractivity contribution in [3.05, 3.63) is 53.0 Å². The predicted octanol–water partition coefficient (Wildman–Crippen LogP) is 4.69. The summed E-state index contributed by atoms with van der Waals surface area (Å²) in [6.07, 6.45) is 11.7. The van der Waals surface area contributed by atoms with Crippen LogP contribution in [0.5, 0.6) is 0 Å². The average molecular weight is 226 g/mol. The zero-order valence-electron chi connectivity index (χ0n) is 10.7. The first-order chi connectivity index (χ1) is 8.05. The van der Waals surface area contributed by atoms with Gasteiger partial charge in [-0.15, -0.1) is 0 Å². The molecular formula is C16H18O. The molecular weight excluding hydrogens is 208 g/mol. The molecule has 2 aliphatic rings. The van der Waals surface area contributed by atoms with Gasteiger partial charge in [-0.1, -0.05) is 44.6 Å². The third kappa shape index (κ3) is 1.70. The summed E-state index contributed by atoms with van der Waals surface area (Å²) < 4.78 is 5.49. The van der Waals surface area contributed by atoms with Gasteiger partial charge < -0.3 is 4.42 Å². The van der Waals surface area contributed by atoms with Crippen LogP contribution in [0.2, 0.25) is 0 Å². The van der Waals surface area contributed by atoms with Crippen LogP contribution in [0.25, 0.3) is 6.08 Å². The van der Waals surface area contributed by atoms with E-state index in [2.05, 4.69) is 51.1 Å². The number of fused-ring (bicyclic) bond motifs is 3. The fourth-order valence-electron chi connectivity index (χ4n) is 2.66. The monoisotopic (exact) mass is 226 g/mol. The second kappa shape index (κ2) is 3.49. The standard InChI is InChI=1S/C16H18O/c1-16(2,3)12-6-4-11-5-7-15-13(8-9-17-15)14(11)10-12/h4-9,14H,10H2,1-3H3/t14-/m0/s1. The molecule has 0 saturated carbocycles. The van der Waals surface area contributed by atoms with Crippen LogP contribution in [0.15, 0.2) is 46.1 Å². The van der Waals surface area contributed by atoms with Crippen molar-refractivity contribution in [2.75, 3.05) is 0 Å². The van der Waals surface area contributed by atoms with Gasteiger partial charge in [0.2, 0.25) is 0 Å². The highest BCUT2D eigenvalue weighted by atomic mass is 16.3. The minimum absolute atomic E-state index is 0.257. The first-order valence-corrected chi connectivity index (χ1v) is 6.22. The Morgan fingerprint density at radius 1 is 1.18 bits per heavy atom. The molecule has 0 amide bonds. The summed E-state index contributed by atoms with van der Waals surface area (Å²) in [6.45, 7) is 6.85. The third-order valence-electron chi connectivity index (χ3n) is 3.80. The van der Waals surface area contributed by atoms with Crippen molar-refractivity contribution in [2.45, 2.75) is 33.1 Å². The molecule has 3 rings (SSSR count). The Hall–Kier alpha value is -1.50. The molecule has 0 unspecified atom stereocenters. The molecule has 1 aromatic rings. The van der Waals surface area contributed by atoms with Crippen molar-refractivity contribution in [2.24, 2.45) is 5.41 Å². The normalized spacial score (nSPS) is 22.6. The van der Waals surface area contributed by atoms with Gasteiger partial charge in [-0.2, -0.15) is 0 Å². The Morgan fingerprint density at radius 3 is 2.76 bits per heavy atom. The molecule has 1 heteroatoms. The molecule has 0 bridgehead atoms.